The number of benzene rings is 3. The van der Waals surface area contributed by atoms with Crippen LogP contribution in [0.2, 0.25) is 18.6 Å². The maximum absolute atomic E-state index is 15.2. The van der Waals surface area contributed by atoms with Crippen molar-refractivity contribution in [2.45, 2.75) is 82.1 Å². The van der Waals surface area contributed by atoms with Crippen molar-refractivity contribution in [1.29, 1.82) is 0 Å². The van der Waals surface area contributed by atoms with E-state index in [9.17, 15) is 19.5 Å². The van der Waals surface area contributed by atoms with E-state index in [1.165, 1.54) is 11.8 Å². The molecule has 3 fully saturated rings. The molecule has 0 radical (unpaired) electrons. The molecule has 51 heavy (non-hydrogen) atoms. The number of aliphatic hydroxyl groups is 1. The Hall–Kier alpha value is -4.52. The van der Waals surface area contributed by atoms with Crippen LogP contribution >= 0.6 is 0 Å². The highest BCUT2D eigenvalue weighted by molar-refractivity contribution is 6.91. The van der Waals surface area contributed by atoms with E-state index in [0.29, 0.717) is 29.2 Å². The molecule has 11 nitrogen and oxygen atoms in total. The van der Waals surface area contributed by atoms with Crippen LogP contribution in [0, 0.1) is 5.92 Å². The van der Waals surface area contributed by atoms with Crippen LogP contribution in [0.4, 0.5) is 17.1 Å². The van der Waals surface area contributed by atoms with Gasteiger partial charge in [0.25, 0.3) is 5.91 Å². The Morgan fingerprint density at radius 3 is 2.39 bits per heavy atom. The number of ether oxygens (including phenoxy) is 3. The minimum atomic E-state index is -2.55. The normalized spacial score (nSPS) is 27.2. The van der Waals surface area contributed by atoms with E-state index in [1.807, 2.05) is 54.6 Å². The van der Waals surface area contributed by atoms with E-state index in [4.69, 9.17) is 14.2 Å². The summed E-state index contributed by atoms with van der Waals surface area (Å²) in [5, 5.41) is 11.2. The molecular formula is C39H45N3O8Si. The van der Waals surface area contributed by atoms with E-state index in [-0.39, 0.29) is 48.8 Å². The van der Waals surface area contributed by atoms with E-state index < -0.39 is 37.9 Å². The fourth-order valence-electron chi connectivity index (χ4n) is 9.04. The van der Waals surface area contributed by atoms with Gasteiger partial charge in [-0.15, -0.1) is 0 Å². The smallest absolute Gasteiger partial charge is 0.304 e. The third-order valence-corrected chi connectivity index (χ3v) is 15.9. The topological polar surface area (TPSA) is 126 Å². The van der Waals surface area contributed by atoms with Gasteiger partial charge < -0.3 is 24.2 Å². The Morgan fingerprint density at radius 1 is 1.02 bits per heavy atom. The molecule has 1 unspecified atom stereocenters. The van der Waals surface area contributed by atoms with Gasteiger partial charge in [-0.25, -0.2) is 0 Å². The van der Waals surface area contributed by atoms with Crippen LogP contribution in [-0.4, -0.2) is 80.4 Å². The van der Waals surface area contributed by atoms with Crippen molar-refractivity contribution in [3.8, 4) is 5.75 Å². The Labute approximate surface area is 299 Å². The van der Waals surface area contributed by atoms with Crippen LogP contribution in [0.3, 0.4) is 0 Å². The van der Waals surface area contributed by atoms with Crippen molar-refractivity contribution in [3.05, 3.63) is 78.4 Å². The zero-order chi connectivity index (χ0) is 36.2. The molecule has 0 saturated carbocycles. The van der Waals surface area contributed by atoms with E-state index >= 15 is 4.79 Å². The van der Waals surface area contributed by atoms with Crippen molar-refractivity contribution in [3.63, 3.8) is 0 Å². The molecule has 3 saturated heterocycles. The number of likely N-dealkylation sites (tertiary alicyclic amines) is 1. The van der Waals surface area contributed by atoms with Crippen molar-refractivity contribution < 1.29 is 38.5 Å². The van der Waals surface area contributed by atoms with Gasteiger partial charge >= 0.3 is 5.97 Å². The average Bonchev–Trinajstić information content (AvgIpc) is 3.78. The Balaban J connectivity index is 1.37. The van der Waals surface area contributed by atoms with E-state index in [1.54, 1.807) is 23.0 Å². The van der Waals surface area contributed by atoms with Gasteiger partial charge in [0.15, 0.2) is 11.8 Å². The predicted octanol–water partition coefficient (Wildman–Crippen LogP) is 4.59. The van der Waals surface area contributed by atoms with Crippen molar-refractivity contribution in [1.82, 2.24) is 4.90 Å². The molecule has 7 rings (SSSR count). The number of nitrogens with zero attached hydrogens (tertiary/aromatic N) is 3. The molecule has 0 bridgehead atoms. The molecule has 4 aliphatic heterocycles. The lowest BCUT2D eigenvalue weighted by Crippen LogP contribution is -2.55. The zero-order valence-electron chi connectivity index (χ0n) is 29.7. The molecule has 4 aliphatic rings. The Bertz CT molecular complexity index is 1850. The molecule has 4 heterocycles. The number of β-lactam (4-membered cyclic amide) rings is 1. The van der Waals surface area contributed by atoms with Crippen LogP contribution in [0.25, 0.3) is 0 Å². The number of amides is 3. The van der Waals surface area contributed by atoms with Gasteiger partial charge in [-0.2, -0.15) is 0 Å². The summed E-state index contributed by atoms with van der Waals surface area (Å²) in [6.45, 7) is 8.36. The first-order valence-corrected chi connectivity index (χ1v) is 20.8. The summed E-state index contributed by atoms with van der Waals surface area (Å²) < 4.78 is 18.1. The first-order chi connectivity index (χ1) is 24.4. The molecule has 1 N–H and O–H groups in total. The lowest BCUT2D eigenvalue weighted by atomic mass is 9.82. The van der Waals surface area contributed by atoms with Crippen LogP contribution in [-0.2, 0) is 34.3 Å². The highest BCUT2D eigenvalue weighted by Gasteiger charge is 2.67. The van der Waals surface area contributed by atoms with Crippen molar-refractivity contribution in [2.24, 2.45) is 5.92 Å². The number of esters is 1. The maximum Gasteiger partial charge on any atom is 0.304 e. The first kappa shape index (κ1) is 34.9. The molecule has 3 amide bonds. The molecule has 0 aliphatic carbocycles. The molecule has 0 aromatic heterocycles. The molecule has 268 valence electrons. The first-order valence-electron chi connectivity index (χ1n) is 17.7. The monoisotopic (exact) mass is 711 g/mol. The number of methoxy groups -OCH3 is 1. The summed E-state index contributed by atoms with van der Waals surface area (Å²) in [4.78, 5) is 59.0. The van der Waals surface area contributed by atoms with Crippen LogP contribution in [0.15, 0.2) is 72.8 Å². The lowest BCUT2D eigenvalue weighted by Gasteiger charge is -2.39. The number of aliphatic hydroxyl groups excluding tert-OH is 1. The number of rotatable bonds is 9. The second-order valence-corrected chi connectivity index (χ2v) is 19.3. The van der Waals surface area contributed by atoms with Gasteiger partial charge in [0.1, 0.15) is 5.75 Å². The largest absolute Gasteiger partial charge is 0.497 e. The minimum Gasteiger partial charge on any atom is -0.497 e. The predicted molar refractivity (Wildman–Crippen MR) is 194 cm³/mol. The maximum atomic E-state index is 15.2. The fraction of sp³-hybridized carbons (Fsp3) is 0.436. The SMILES string of the molecule is COc1ccc([Si](C)(C)[C@@H]2[C@@H](CC(=O)N3CCC[C@H]3CO)O[C@]3(C(=O)N(c4ccccc4)c4ccc(N5C(=O)CC5OC(C)=O)cc43)[C@H]2C)cc1. The number of fused-ring (bicyclic) bond motifs is 2. The summed E-state index contributed by atoms with van der Waals surface area (Å²) in [6.07, 6.45) is 0.339. The highest BCUT2D eigenvalue weighted by atomic mass is 28.3. The summed E-state index contributed by atoms with van der Waals surface area (Å²) >= 11 is 0. The van der Waals surface area contributed by atoms with Gasteiger partial charge in [-0.05, 0) is 60.8 Å². The number of carbonyl (C=O) groups is 4. The fourth-order valence-corrected chi connectivity index (χ4v) is 13.0. The van der Waals surface area contributed by atoms with Gasteiger partial charge in [-0.3, -0.25) is 29.0 Å². The van der Waals surface area contributed by atoms with Crippen LogP contribution in [0.1, 0.15) is 45.1 Å². The minimum absolute atomic E-state index is 0.0621. The molecule has 1 spiro atoms. The van der Waals surface area contributed by atoms with Gasteiger partial charge in [0.2, 0.25) is 11.8 Å². The van der Waals surface area contributed by atoms with Crippen molar-refractivity contribution in [2.75, 3.05) is 30.1 Å². The van der Waals surface area contributed by atoms with Gasteiger partial charge in [-0.1, -0.05) is 55.5 Å². The molecule has 12 heteroatoms. The van der Waals surface area contributed by atoms with E-state index in [0.717, 1.165) is 23.8 Å². The summed E-state index contributed by atoms with van der Waals surface area (Å²) in [5.74, 6) is -0.689. The average molecular weight is 712 g/mol. The summed E-state index contributed by atoms with van der Waals surface area (Å²) in [6, 6.07) is 22.6. The number of anilines is 3. The number of para-hydroxylation sites is 1. The number of carbonyl (C=O) groups excluding carboxylic acids is 4. The summed E-state index contributed by atoms with van der Waals surface area (Å²) in [7, 11) is -0.920. The van der Waals surface area contributed by atoms with E-state index in [2.05, 4.69) is 32.2 Å². The highest BCUT2D eigenvalue weighted by Crippen LogP contribution is 2.61. The second-order valence-electron chi connectivity index (χ2n) is 14.6. The summed E-state index contributed by atoms with van der Waals surface area (Å²) in [5.41, 5.74) is 0.734. The number of hydrogen-bond donors (Lipinski definition) is 1. The standard InChI is InChI=1S/C39H45N3O8Si/c1-24-37(51(4,5)30-16-14-29(48-3)15-17-30)33(21-34(45)40-19-9-12-28(40)23-43)50-39(24)31-20-27(42-35(46)22-36(42)49-25(2)44)13-18-32(31)41(38(39)47)26-10-7-6-8-11-26/h6-8,10-11,13-18,20,24,28,33,36-37,43H,9,12,19,21-23H2,1-5H3/t24-,28-,33+,36?,37-,39+/m0/s1. The Kier molecular flexibility index (Phi) is 9.05. The third kappa shape index (κ3) is 5.64. The molecule has 3 aromatic rings. The van der Waals surface area contributed by atoms with Gasteiger partial charge in [0, 0.05) is 36.3 Å². The van der Waals surface area contributed by atoms with Crippen molar-refractivity contribution >= 4 is 54.0 Å². The molecule has 6 atom stereocenters. The zero-order valence-corrected chi connectivity index (χ0v) is 30.7. The van der Waals surface area contributed by atoms with Gasteiger partial charge in [0.05, 0.1) is 52.5 Å². The lowest BCUT2D eigenvalue weighted by molar-refractivity contribution is -0.154. The quantitative estimate of drug-likeness (QED) is 0.194. The van der Waals surface area contributed by atoms with Crippen LogP contribution < -0.4 is 19.7 Å². The third-order valence-electron chi connectivity index (χ3n) is 11.5. The Morgan fingerprint density at radius 2 is 1.75 bits per heavy atom. The van der Waals surface area contributed by atoms with Crippen LogP contribution in [0.5, 0.6) is 5.75 Å². The molecular weight excluding hydrogens is 667 g/mol. The molecule has 3 aromatic carbocycles. The second kappa shape index (κ2) is 13.2. The number of hydrogen-bond acceptors (Lipinski definition) is 8.